The predicted octanol–water partition coefficient (Wildman–Crippen LogP) is 2.91. The summed E-state index contributed by atoms with van der Waals surface area (Å²) in [5, 5.41) is 8.47. The molecule has 0 saturated heterocycles. The van der Waals surface area contributed by atoms with Gasteiger partial charge in [-0.3, -0.25) is 9.59 Å². The van der Waals surface area contributed by atoms with Crippen molar-refractivity contribution in [1.29, 1.82) is 0 Å². The molecule has 0 atom stereocenters. The number of carbonyl (C=O) groups excluding carboxylic acids is 1. The normalized spacial score (nSPS) is 10.8. The van der Waals surface area contributed by atoms with E-state index in [1.54, 1.807) is 6.07 Å². The maximum absolute atomic E-state index is 12.5. The summed E-state index contributed by atoms with van der Waals surface area (Å²) in [5.41, 5.74) is 2.34. The first-order valence-electron chi connectivity index (χ1n) is 7.93. The largest absolute Gasteiger partial charge is 0.324 e. The van der Waals surface area contributed by atoms with Crippen LogP contribution >= 0.6 is 0 Å². The van der Waals surface area contributed by atoms with Gasteiger partial charge in [-0.1, -0.05) is 37.3 Å². The molecule has 1 heterocycles. The van der Waals surface area contributed by atoms with Gasteiger partial charge in [0.15, 0.2) is 0 Å². The summed E-state index contributed by atoms with van der Waals surface area (Å²) in [7, 11) is 0. The van der Waals surface area contributed by atoms with Crippen molar-refractivity contribution in [2.75, 3.05) is 5.32 Å². The number of benzene rings is 2. The highest BCUT2D eigenvalue weighted by molar-refractivity contribution is 5.91. The number of nitrogens with zero attached hydrogens (tertiary/aromatic N) is 2. The fourth-order valence-electron chi connectivity index (χ4n) is 2.72. The highest BCUT2D eigenvalue weighted by Gasteiger charge is 2.11. The summed E-state index contributed by atoms with van der Waals surface area (Å²) in [6, 6.07) is 15.0. The lowest BCUT2D eigenvalue weighted by Crippen LogP contribution is -2.30. The van der Waals surface area contributed by atoms with Gasteiger partial charge >= 0.3 is 0 Å². The van der Waals surface area contributed by atoms with E-state index in [2.05, 4.69) is 17.3 Å². The molecule has 0 spiro atoms. The third-order valence-electron chi connectivity index (χ3n) is 3.96. The molecule has 1 aromatic heterocycles. The summed E-state index contributed by atoms with van der Waals surface area (Å²) >= 11 is 0. The predicted molar refractivity (Wildman–Crippen MR) is 95.2 cm³/mol. The Bertz CT molecular complexity index is 960. The van der Waals surface area contributed by atoms with E-state index in [0.29, 0.717) is 5.39 Å². The van der Waals surface area contributed by atoms with Crippen molar-refractivity contribution in [3.8, 4) is 0 Å². The first-order valence-corrected chi connectivity index (χ1v) is 7.93. The molecule has 0 bridgehead atoms. The third kappa shape index (κ3) is 3.20. The van der Waals surface area contributed by atoms with Crippen LogP contribution in [-0.2, 0) is 17.8 Å². The molecule has 5 nitrogen and oxygen atoms in total. The van der Waals surface area contributed by atoms with Gasteiger partial charge in [-0.25, -0.2) is 4.68 Å². The summed E-state index contributed by atoms with van der Waals surface area (Å²) in [6.07, 6.45) is 0.897. The lowest BCUT2D eigenvalue weighted by molar-refractivity contribution is -0.117. The molecular weight excluding hydrogens is 302 g/mol. The quantitative estimate of drug-likeness (QED) is 0.803. The molecule has 1 N–H and O–H groups in total. The van der Waals surface area contributed by atoms with Crippen LogP contribution in [0.2, 0.25) is 0 Å². The molecule has 0 radical (unpaired) electrons. The van der Waals surface area contributed by atoms with E-state index >= 15 is 0 Å². The molecule has 5 heteroatoms. The van der Waals surface area contributed by atoms with E-state index in [1.807, 2.05) is 49.4 Å². The Balaban J connectivity index is 1.85. The number of fused-ring (bicyclic) bond motifs is 1. The highest BCUT2D eigenvalue weighted by atomic mass is 16.2. The van der Waals surface area contributed by atoms with E-state index in [0.717, 1.165) is 28.8 Å². The minimum atomic E-state index is -0.271. The second kappa shape index (κ2) is 6.66. The SMILES string of the molecule is CCc1cccc(NC(=O)Cn2nc(C)c3ccccc3c2=O)c1. The maximum atomic E-state index is 12.5. The zero-order valence-corrected chi connectivity index (χ0v) is 13.7. The van der Waals surface area contributed by atoms with E-state index in [1.165, 1.54) is 4.68 Å². The van der Waals surface area contributed by atoms with E-state index in [4.69, 9.17) is 0 Å². The molecular formula is C19H19N3O2. The van der Waals surface area contributed by atoms with Crippen LogP contribution in [0.1, 0.15) is 18.2 Å². The number of aromatic nitrogens is 2. The highest BCUT2D eigenvalue weighted by Crippen LogP contribution is 2.13. The van der Waals surface area contributed by atoms with Crippen LogP contribution in [0.5, 0.6) is 0 Å². The van der Waals surface area contributed by atoms with Crippen molar-refractivity contribution < 1.29 is 4.79 Å². The fraction of sp³-hybridized carbons (Fsp3) is 0.211. The first kappa shape index (κ1) is 15.9. The Labute approximate surface area is 139 Å². The maximum Gasteiger partial charge on any atom is 0.275 e. The smallest absolute Gasteiger partial charge is 0.275 e. The Hall–Kier alpha value is -2.95. The number of nitrogens with one attached hydrogen (secondary N) is 1. The minimum absolute atomic E-state index is 0.110. The van der Waals surface area contributed by atoms with Gasteiger partial charge in [0.2, 0.25) is 5.91 Å². The van der Waals surface area contributed by atoms with E-state index in [9.17, 15) is 9.59 Å². The molecule has 3 aromatic rings. The molecule has 0 fully saturated rings. The third-order valence-corrected chi connectivity index (χ3v) is 3.96. The van der Waals surface area contributed by atoms with Crippen molar-refractivity contribution in [3.05, 3.63) is 70.1 Å². The number of hydrogen-bond acceptors (Lipinski definition) is 3. The molecule has 2 aromatic carbocycles. The van der Waals surface area contributed by atoms with Gasteiger partial charge in [-0.15, -0.1) is 0 Å². The van der Waals surface area contributed by atoms with Crippen molar-refractivity contribution in [2.24, 2.45) is 0 Å². The molecule has 0 aliphatic carbocycles. The lowest BCUT2D eigenvalue weighted by atomic mass is 10.1. The van der Waals surface area contributed by atoms with Crippen LogP contribution in [0, 0.1) is 6.92 Å². The molecule has 0 aliphatic rings. The Kier molecular flexibility index (Phi) is 4.42. The van der Waals surface area contributed by atoms with Gasteiger partial charge in [0.25, 0.3) is 5.56 Å². The van der Waals surface area contributed by atoms with Crippen molar-refractivity contribution in [2.45, 2.75) is 26.8 Å². The van der Waals surface area contributed by atoms with Crippen LogP contribution in [0.4, 0.5) is 5.69 Å². The summed E-state index contributed by atoms with van der Waals surface area (Å²) in [4.78, 5) is 24.8. The lowest BCUT2D eigenvalue weighted by Gasteiger charge is -2.10. The van der Waals surface area contributed by atoms with Gasteiger partial charge in [0.05, 0.1) is 11.1 Å². The topological polar surface area (TPSA) is 64.0 Å². The summed E-state index contributed by atoms with van der Waals surface area (Å²) in [6.45, 7) is 3.78. The first-order chi connectivity index (χ1) is 11.6. The monoisotopic (exact) mass is 321 g/mol. The second-order valence-corrected chi connectivity index (χ2v) is 5.70. The molecule has 1 amide bonds. The van der Waals surface area contributed by atoms with Gasteiger partial charge < -0.3 is 5.32 Å². The molecule has 122 valence electrons. The number of aryl methyl sites for hydroxylation is 2. The number of carbonyl (C=O) groups is 1. The van der Waals surface area contributed by atoms with E-state index in [-0.39, 0.29) is 18.0 Å². The molecule has 3 rings (SSSR count). The zero-order valence-electron chi connectivity index (χ0n) is 13.7. The van der Waals surface area contributed by atoms with Crippen molar-refractivity contribution in [1.82, 2.24) is 9.78 Å². The van der Waals surface area contributed by atoms with Gasteiger partial charge in [-0.2, -0.15) is 5.10 Å². The molecule has 0 aliphatic heterocycles. The Morgan fingerprint density at radius 1 is 1.12 bits per heavy atom. The number of rotatable bonds is 4. The van der Waals surface area contributed by atoms with Crippen LogP contribution < -0.4 is 10.9 Å². The average Bonchev–Trinajstić information content (AvgIpc) is 2.59. The zero-order chi connectivity index (χ0) is 17.1. The second-order valence-electron chi connectivity index (χ2n) is 5.70. The number of amides is 1. The summed E-state index contributed by atoms with van der Waals surface area (Å²) in [5.74, 6) is -0.271. The van der Waals surface area contributed by atoms with E-state index < -0.39 is 0 Å². The number of anilines is 1. The van der Waals surface area contributed by atoms with Crippen LogP contribution in [0.15, 0.2) is 53.3 Å². The van der Waals surface area contributed by atoms with Crippen molar-refractivity contribution >= 4 is 22.4 Å². The molecule has 0 saturated carbocycles. The molecule has 24 heavy (non-hydrogen) atoms. The standard InChI is InChI=1S/C19H19N3O2/c1-3-14-7-6-8-15(11-14)20-18(23)12-22-19(24)17-10-5-4-9-16(17)13(2)21-22/h4-11H,3,12H2,1-2H3,(H,20,23). The van der Waals surface area contributed by atoms with Crippen molar-refractivity contribution in [3.63, 3.8) is 0 Å². The Morgan fingerprint density at radius 2 is 1.88 bits per heavy atom. The van der Waals surface area contributed by atoms with Gasteiger partial charge in [-0.05, 0) is 37.1 Å². The van der Waals surface area contributed by atoms with Crippen LogP contribution in [-0.4, -0.2) is 15.7 Å². The van der Waals surface area contributed by atoms with Crippen LogP contribution in [0.3, 0.4) is 0 Å². The molecule has 0 unspecified atom stereocenters. The average molecular weight is 321 g/mol. The minimum Gasteiger partial charge on any atom is -0.324 e. The number of hydrogen-bond donors (Lipinski definition) is 1. The Morgan fingerprint density at radius 3 is 2.62 bits per heavy atom. The van der Waals surface area contributed by atoms with Gasteiger partial charge in [0, 0.05) is 11.1 Å². The van der Waals surface area contributed by atoms with Crippen LogP contribution in [0.25, 0.3) is 10.8 Å². The fourth-order valence-corrected chi connectivity index (χ4v) is 2.72. The van der Waals surface area contributed by atoms with Gasteiger partial charge in [0.1, 0.15) is 6.54 Å². The summed E-state index contributed by atoms with van der Waals surface area (Å²) < 4.78 is 1.22.